The number of amides is 1. The van der Waals surface area contributed by atoms with Crippen molar-refractivity contribution in [3.63, 3.8) is 0 Å². The van der Waals surface area contributed by atoms with Crippen molar-refractivity contribution < 1.29 is 22.0 Å². The lowest BCUT2D eigenvalue weighted by Crippen LogP contribution is -2.62. The highest BCUT2D eigenvalue weighted by Crippen LogP contribution is 2.65. The van der Waals surface area contributed by atoms with Crippen LogP contribution in [-0.2, 0) is 21.2 Å². The summed E-state index contributed by atoms with van der Waals surface area (Å²) in [7, 11) is -3.90. The van der Waals surface area contributed by atoms with Crippen LogP contribution in [0.25, 0.3) is 11.3 Å². The van der Waals surface area contributed by atoms with Gasteiger partial charge in [0, 0.05) is 11.3 Å². The van der Waals surface area contributed by atoms with Gasteiger partial charge in [0.15, 0.2) is 0 Å². The van der Waals surface area contributed by atoms with Crippen LogP contribution in [0.2, 0.25) is 0 Å². The molecule has 2 aromatic rings. The first kappa shape index (κ1) is 24.3. The molecule has 1 N–H and O–H groups in total. The van der Waals surface area contributed by atoms with E-state index in [1.807, 2.05) is 50.2 Å². The molecule has 35 heavy (non-hydrogen) atoms. The van der Waals surface area contributed by atoms with Gasteiger partial charge < -0.3 is 4.90 Å². The molecule has 1 aromatic carbocycles. The Kier molecular flexibility index (Phi) is 5.79. The van der Waals surface area contributed by atoms with Crippen molar-refractivity contribution in [1.82, 2.24) is 14.6 Å². The summed E-state index contributed by atoms with van der Waals surface area (Å²) in [6, 6.07) is 8.78. The van der Waals surface area contributed by atoms with Gasteiger partial charge in [-0.3, -0.25) is 9.78 Å². The number of nitrogens with zero attached hydrogens (tertiary/aromatic N) is 2. The highest BCUT2D eigenvalue weighted by Gasteiger charge is 2.66. The fraction of sp³-hybridized carbons (Fsp3) is 0.538. The Balaban J connectivity index is 1.49. The number of aryl methyl sites for hydroxylation is 2. The van der Waals surface area contributed by atoms with Crippen molar-refractivity contribution in [3.8, 4) is 11.3 Å². The van der Waals surface area contributed by atoms with E-state index < -0.39 is 40.0 Å². The summed E-state index contributed by atoms with van der Waals surface area (Å²) in [5.41, 5.74) is 3.81. The van der Waals surface area contributed by atoms with E-state index in [9.17, 15) is 13.2 Å². The molecule has 1 saturated heterocycles. The Morgan fingerprint density at radius 2 is 1.89 bits per heavy atom. The van der Waals surface area contributed by atoms with E-state index in [0.717, 1.165) is 47.3 Å². The molecule has 4 aliphatic rings. The standard InChI is InChI=1S/C26H31F2N3O3S/c1-4-35(33,34)30-23-22(31(15-26(23,27)28)24(32)25-12-19(13-25)14-25)11-18-6-5-7-20(10-18)21-9-16(2)8-17(3)29-21/h5-10,19,22-23,30H,4,11-15H2,1-3H3/t19?,22-,23+,25?/m0/s1. The van der Waals surface area contributed by atoms with E-state index in [-0.39, 0.29) is 18.1 Å². The quantitative estimate of drug-likeness (QED) is 0.622. The SMILES string of the molecule is CCS(=O)(=O)N[C@@H]1[C@H](Cc2cccc(-c3cc(C)cc(C)n3)c2)N(C(=O)C23CC(C2)C3)CC1(F)F. The molecule has 2 heterocycles. The molecule has 4 fully saturated rings. The number of benzene rings is 1. The van der Waals surface area contributed by atoms with Gasteiger partial charge >= 0.3 is 0 Å². The van der Waals surface area contributed by atoms with Gasteiger partial charge in [0.05, 0.1) is 29.4 Å². The van der Waals surface area contributed by atoms with E-state index >= 15 is 8.78 Å². The van der Waals surface area contributed by atoms with Gasteiger partial charge in [0.25, 0.3) is 5.92 Å². The average Bonchev–Trinajstić information content (AvgIpc) is 2.95. The second-order valence-electron chi connectivity index (χ2n) is 10.6. The zero-order chi connectivity index (χ0) is 25.2. The van der Waals surface area contributed by atoms with E-state index in [4.69, 9.17) is 0 Å². The minimum Gasteiger partial charge on any atom is -0.331 e. The van der Waals surface area contributed by atoms with Crippen LogP contribution in [0.4, 0.5) is 8.78 Å². The zero-order valence-electron chi connectivity index (χ0n) is 20.2. The molecule has 0 radical (unpaired) electrons. The number of alkyl halides is 2. The predicted octanol–water partition coefficient (Wildman–Crippen LogP) is 3.86. The molecule has 3 aliphatic carbocycles. The summed E-state index contributed by atoms with van der Waals surface area (Å²) in [4.78, 5) is 19.3. The number of aromatic nitrogens is 1. The van der Waals surface area contributed by atoms with Crippen LogP contribution in [0.15, 0.2) is 36.4 Å². The first-order valence-electron chi connectivity index (χ1n) is 12.1. The van der Waals surface area contributed by atoms with Gasteiger partial charge in [-0.05, 0) is 81.7 Å². The topological polar surface area (TPSA) is 79.4 Å². The molecule has 6 nitrogen and oxygen atoms in total. The van der Waals surface area contributed by atoms with Crippen LogP contribution in [0.3, 0.4) is 0 Å². The van der Waals surface area contributed by atoms with Gasteiger partial charge in [0.1, 0.15) is 6.04 Å². The molecule has 2 bridgehead atoms. The number of likely N-dealkylation sites (tertiary alicyclic amines) is 1. The van der Waals surface area contributed by atoms with Gasteiger partial charge in [0.2, 0.25) is 15.9 Å². The lowest BCUT2D eigenvalue weighted by Gasteiger charge is -2.61. The van der Waals surface area contributed by atoms with Crippen molar-refractivity contribution in [2.75, 3.05) is 12.3 Å². The Morgan fingerprint density at radius 3 is 2.49 bits per heavy atom. The lowest BCUT2D eigenvalue weighted by atomic mass is 9.44. The number of rotatable bonds is 7. The number of pyridine rings is 1. The fourth-order valence-corrected chi connectivity index (χ4v) is 6.81. The van der Waals surface area contributed by atoms with Gasteiger partial charge in [-0.15, -0.1) is 0 Å². The summed E-state index contributed by atoms with van der Waals surface area (Å²) in [5.74, 6) is -3.40. The summed E-state index contributed by atoms with van der Waals surface area (Å²) in [5, 5.41) is 0. The summed E-state index contributed by atoms with van der Waals surface area (Å²) in [6.07, 6.45) is 2.37. The Morgan fingerprint density at radius 1 is 1.17 bits per heavy atom. The minimum absolute atomic E-state index is 0.121. The normalized spacial score (nSPS) is 28.9. The van der Waals surface area contributed by atoms with Crippen LogP contribution in [-0.4, -0.2) is 54.5 Å². The molecular weight excluding hydrogens is 472 g/mol. The number of hydrogen-bond donors (Lipinski definition) is 1. The van der Waals surface area contributed by atoms with Gasteiger partial charge in [-0.1, -0.05) is 18.2 Å². The van der Waals surface area contributed by atoms with Crippen molar-refractivity contribution in [2.24, 2.45) is 11.3 Å². The molecule has 6 rings (SSSR count). The molecule has 0 spiro atoms. The molecule has 1 amide bonds. The molecule has 188 valence electrons. The zero-order valence-corrected chi connectivity index (χ0v) is 21.0. The Hall–Kier alpha value is -2.39. The van der Waals surface area contributed by atoms with Crippen molar-refractivity contribution in [3.05, 3.63) is 53.2 Å². The third-order valence-corrected chi connectivity index (χ3v) is 9.20. The number of nitrogens with one attached hydrogen (secondary N) is 1. The molecule has 9 heteroatoms. The number of sulfonamides is 1. The average molecular weight is 504 g/mol. The third-order valence-electron chi connectivity index (χ3n) is 7.83. The van der Waals surface area contributed by atoms with Gasteiger partial charge in [-0.25, -0.2) is 21.9 Å². The first-order valence-corrected chi connectivity index (χ1v) is 13.8. The fourth-order valence-electron chi connectivity index (χ4n) is 5.93. The van der Waals surface area contributed by atoms with Crippen molar-refractivity contribution >= 4 is 15.9 Å². The highest BCUT2D eigenvalue weighted by atomic mass is 32.2. The largest absolute Gasteiger partial charge is 0.331 e. The molecular formula is C26H31F2N3O3S. The van der Waals surface area contributed by atoms with Crippen LogP contribution >= 0.6 is 0 Å². The minimum atomic E-state index is -3.90. The van der Waals surface area contributed by atoms with Crippen molar-refractivity contribution in [2.45, 2.75) is 64.5 Å². The van der Waals surface area contributed by atoms with E-state index in [1.54, 1.807) is 0 Å². The highest BCUT2D eigenvalue weighted by molar-refractivity contribution is 7.89. The van der Waals surface area contributed by atoms with Crippen LogP contribution in [0.5, 0.6) is 0 Å². The van der Waals surface area contributed by atoms with Crippen molar-refractivity contribution in [1.29, 1.82) is 0 Å². The third kappa shape index (κ3) is 4.37. The number of carbonyl (C=O) groups excluding carboxylic acids is 1. The smallest absolute Gasteiger partial charge is 0.283 e. The number of hydrogen-bond acceptors (Lipinski definition) is 4. The summed E-state index contributed by atoms with van der Waals surface area (Å²) < 4.78 is 57.4. The molecule has 2 atom stereocenters. The maximum atomic E-state index is 15.3. The van der Waals surface area contributed by atoms with Crippen LogP contribution in [0, 0.1) is 25.2 Å². The molecule has 3 saturated carbocycles. The number of halogens is 2. The van der Waals surface area contributed by atoms with Crippen LogP contribution in [0.1, 0.15) is 43.0 Å². The first-order chi connectivity index (χ1) is 16.4. The monoisotopic (exact) mass is 503 g/mol. The van der Waals surface area contributed by atoms with E-state index in [1.165, 1.54) is 11.8 Å². The predicted molar refractivity (Wildman–Crippen MR) is 129 cm³/mol. The second kappa shape index (κ2) is 8.34. The van der Waals surface area contributed by atoms with E-state index in [0.29, 0.717) is 5.92 Å². The maximum Gasteiger partial charge on any atom is 0.283 e. The maximum absolute atomic E-state index is 15.3. The summed E-state index contributed by atoms with van der Waals surface area (Å²) >= 11 is 0. The molecule has 1 aromatic heterocycles. The number of carbonyl (C=O) groups is 1. The molecule has 0 unspecified atom stereocenters. The second-order valence-corrected chi connectivity index (χ2v) is 12.6. The Labute approximate surface area is 205 Å². The van der Waals surface area contributed by atoms with Crippen LogP contribution < -0.4 is 4.72 Å². The van der Waals surface area contributed by atoms with E-state index in [2.05, 4.69) is 9.71 Å². The lowest BCUT2D eigenvalue weighted by molar-refractivity contribution is -0.178. The summed E-state index contributed by atoms with van der Waals surface area (Å²) in [6.45, 7) is 4.55. The molecule has 1 aliphatic heterocycles. The van der Waals surface area contributed by atoms with Gasteiger partial charge in [-0.2, -0.15) is 0 Å². The Bertz CT molecular complexity index is 1240.